The van der Waals surface area contributed by atoms with Crippen LogP contribution in [0, 0.1) is 13.8 Å². The molecule has 1 aliphatic carbocycles. The Morgan fingerprint density at radius 1 is 0.864 bits per heavy atom. The Bertz CT molecular complexity index is 902. The minimum atomic E-state index is 0.922. The number of rotatable bonds is 1. The molecule has 0 spiro atoms. The maximum atomic E-state index is 5.98. The second-order valence-corrected chi connectivity index (χ2v) is 6.02. The Balaban J connectivity index is 1.92. The molecule has 0 fully saturated rings. The van der Waals surface area contributed by atoms with Crippen molar-refractivity contribution < 1.29 is 4.42 Å². The van der Waals surface area contributed by atoms with Gasteiger partial charge in [0.15, 0.2) is 0 Å². The van der Waals surface area contributed by atoms with Crippen molar-refractivity contribution in [2.45, 2.75) is 20.3 Å². The molecule has 0 bridgehead atoms. The number of hydrogen-bond donors (Lipinski definition) is 0. The molecular weight excluding hydrogens is 268 g/mol. The maximum absolute atomic E-state index is 5.98. The highest BCUT2D eigenvalue weighted by atomic mass is 16.3. The summed E-state index contributed by atoms with van der Waals surface area (Å²) >= 11 is 0. The maximum Gasteiger partial charge on any atom is 0.135 e. The summed E-state index contributed by atoms with van der Waals surface area (Å²) in [5.74, 6) is 0.984. The van der Waals surface area contributed by atoms with Gasteiger partial charge < -0.3 is 4.42 Å². The first kappa shape index (κ1) is 13.1. The van der Waals surface area contributed by atoms with Gasteiger partial charge in [-0.15, -0.1) is 0 Å². The van der Waals surface area contributed by atoms with E-state index >= 15 is 0 Å². The van der Waals surface area contributed by atoms with Gasteiger partial charge in [-0.1, -0.05) is 53.6 Å². The second kappa shape index (κ2) is 5.03. The third-order valence-electron chi connectivity index (χ3n) is 4.19. The highest BCUT2D eigenvalue weighted by Gasteiger charge is 2.13. The lowest BCUT2D eigenvalue weighted by molar-refractivity contribution is 0.600. The fraction of sp³-hybridized carbons (Fsp3) is 0.143. The Hall–Kier alpha value is -2.54. The summed E-state index contributed by atoms with van der Waals surface area (Å²) in [4.78, 5) is 0. The van der Waals surface area contributed by atoms with Crippen LogP contribution in [0.1, 0.15) is 22.5 Å². The van der Waals surface area contributed by atoms with Crippen LogP contribution in [0.3, 0.4) is 0 Å². The van der Waals surface area contributed by atoms with Crippen molar-refractivity contribution in [3.8, 4) is 11.1 Å². The van der Waals surface area contributed by atoms with Gasteiger partial charge >= 0.3 is 0 Å². The lowest BCUT2D eigenvalue weighted by Gasteiger charge is -2.06. The molecule has 1 nitrogen and oxygen atoms in total. The van der Waals surface area contributed by atoms with Crippen molar-refractivity contribution >= 4 is 17.0 Å². The lowest BCUT2D eigenvalue weighted by Crippen LogP contribution is -1.84. The Kier molecular flexibility index (Phi) is 3.00. The van der Waals surface area contributed by atoms with Crippen molar-refractivity contribution in [2.75, 3.05) is 0 Å². The minimum absolute atomic E-state index is 0.922. The first-order chi connectivity index (χ1) is 10.7. The number of allylic oxidation sites excluding steroid dienone is 3. The average Bonchev–Trinajstić information content (AvgIpc) is 2.67. The van der Waals surface area contributed by atoms with Gasteiger partial charge in [0.2, 0.25) is 0 Å². The van der Waals surface area contributed by atoms with Crippen molar-refractivity contribution in [3.05, 3.63) is 77.1 Å². The molecule has 108 valence electrons. The van der Waals surface area contributed by atoms with Gasteiger partial charge in [-0.25, -0.2) is 0 Å². The Morgan fingerprint density at radius 3 is 2.50 bits per heavy atom. The third-order valence-corrected chi connectivity index (χ3v) is 4.19. The predicted octanol–water partition coefficient (Wildman–Crippen LogP) is 5.84. The van der Waals surface area contributed by atoms with Crippen LogP contribution in [0.5, 0.6) is 0 Å². The molecule has 0 amide bonds. The first-order valence-electron chi connectivity index (χ1n) is 7.68. The van der Waals surface area contributed by atoms with Crippen molar-refractivity contribution in [1.29, 1.82) is 0 Å². The summed E-state index contributed by atoms with van der Waals surface area (Å²) in [5, 5.41) is 1.22. The zero-order chi connectivity index (χ0) is 15.1. The predicted molar refractivity (Wildman–Crippen MR) is 93.0 cm³/mol. The molecule has 1 heteroatoms. The van der Waals surface area contributed by atoms with E-state index < -0.39 is 0 Å². The summed E-state index contributed by atoms with van der Waals surface area (Å²) in [7, 11) is 0. The van der Waals surface area contributed by atoms with Crippen molar-refractivity contribution in [3.63, 3.8) is 0 Å². The summed E-state index contributed by atoms with van der Waals surface area (Å²) in [5.41, 5.74) is 7.37. The van der Waals surface area contributed by atoms with Crippen LogP contribution in [0.15, 0.2) is 59.0 Å². The van der Waals surface area contributed by atoms with Gasteiger partial charge in [0, 0.05) is 10.9 Å². The molecular formula is C21H18O. The van der Waals surface area contributed by atoms with Gasteiger partial charge in [-0.2, -0.15) is 0 Å². The van der Waals surface area contributed by atoms with Gasteiger partial charge in [0.1, 0.15) is 11.3 Å². The monoisotopic (exact) mass is 286 g/mol. The van der Waals surface area contributed by atoms with Crippen LogP contribution in [0.2, 0.25) is 0 Å². The van der Waals surface area contributed by atoms with E-state index in [1.807, 2.05) is 6.08 Å². The largest absolute Gasteiger partial charge is 0.456 e. The summed E-state index contributed by atoms with van der Waals surface area (Å²) in [6.45, 7) is 4.29. The molecule has 22 heavy (non-hydrogen) atoms. The zero-order valence-corrected chi connectivity index (χ0v) is 12.9. The van der Waals surface area contributed by atoms with Gasteiger partial charge in [-0.3, -0.25) is 0 Å². The zero-order valence-electron chi connectivity index (χ0n) is 12.9. The fourth-order valence-electron chi connectivity index (χ4n) is 3.24. The molecule has 0 N–H and O–H groups in total. The fourth-order valence-corrected chi connectivity index (χ4v) is 3.24. The third kappa shape index (κ3) is 2.19. The summed E-state index contributed by atoms with van der Waals surface area (Å²) < 4.78 is 5.98. The van der Waals surface area contributed by atoms with Gasteiger partial charge in [-0.05, 0) is 49.6 Å². The molecule has 0 saturated heterocycles. The number of hydrogen-bond acceptors (Lipinski definition) is 1. The molecule has 1 heterocycles. The normalized spacial score (nSPS) is 13.4. The van der Waals surface area contributed by atoms with E-state index in [1.165, 1.54) is 33.2 Å². The molecule has 3 aromatic rings. The first-order valence-corrected chi connectivity index (χ1v) is 7.68. The van der Waals surface area contributed by atoms with Crippen LogP contribution < -0.4 is 0 Å². The highest BCUT2D eigenvalue weighted by molar-refractivity contribution is 5.89. The summed E-state index contributed by atoms with van der Waals surface area (Å²) in [6, 6.07) is 13.2. The van der Waals surface area contributed by atoms with Crippen LogP contribution >= 0.6 is 0 Å². The van der Waals surface area contributed by atoms with Gasteiger partial charge in [0.25, 0.3) is 0 Å². The molecule has 1 aliphatic rings. The topological polar surface area (TPSA) is 13.1 Å². The van der Waals surface area contributed by atoms with E-state index in [0.717, 1.165) is 17.8 Å². The quantitative estimate of drug-likeness (QED) is 0.547. The SMILES string of the molecule is Cc1cc(C)cc(-c2ccc3oc4c(c3c2)CC=CC=C4)c1. The van der Waals surface area contributed by atoms with Crippen molar-refractivity contribution in [1.82, 2.24) is 0 Å². The second-order valence-electron chi connectivity index (χ2n) is 6.02. The summed E-state index contributed by atoms with van der Waals surface area (Å²) in [6.07, 6.45) is 9.27. The molecule has 0 atom stereocenters. The smallest absolute Gasteiger partial charge is 0.135 e. The molecule has 2 aromatic carbocycles. The van der Waals surface area contributed by atoms with Crippen molar-refractivity contribution in [2.24, 2.45) is 0 Å². The Labute approximate surface area is 130 Å². The molecule has 0 saturated carbocycles. The van der Waals surface area contributed by atoms with E-state index in [9.17, 15) is 0 Å². The van der Waals surface area contributed by atoms with Crippen LogP contribution in [0.25, 0.3) is 28.2 Å². The number of benzene rings is 2. The Morgan fingerprint density at radius 2 is 1.68 bits per heavy atom. The molecule has 0 aliphatic heterocycles. The average molecular weight is 286 g/mol. The number of aryl methyl sites for hydroxylation is 2. The molecule has 0 radical (unpaired) electrons. The molecule has 0 unspecified atom stereocenters. The lowest BCUT2D eigenvalue weighted by atomic mass is 9.98. The van der Waals surface area contributed by atoms with E-state index in [2.05, 4.69) is 68.5 Å². The van der Waals surface area contributed by atoms with Gasteiger partial charge in [0.05, 0.1) is 0 Å². The van der Waals surface area contributed by atoms with E-state index in [4.69, 9.17) is 4.42 Å². The van der Waals surface area contributed by atoms with Crippen LogP contribution in [-0.4, -0.2) is 0 Å². The van der Waals surface area contributed by atoms with E-state index in [0.29, 0.717) is 0 Å². The highest BCUT2D eigenvalue weighted by Crippen LogP contribution is 2.33. The minimum Gasteiger partial charge on any atom is -0.456 e. The number of furan rings is 1. The van der Waals surface area contributed by atoms with Crippen LogP contribution in [0.4, 0.5) is 0 Å². The van der Waals surface area contributed by atoms with E-state index in [1.54, 1.807) is 0 Å². The number of fused-ring (bicyclic) bond motifs is 3. The van der Waals surface area contributed by atoms with E-state index in [-0.39, 0.29) is 0 Å². The molecule has 4 rings (SSSR count). The van der Waals surface area contributed by atoms with Crippen LogP contribution in [-0.2, 0) is 6.42 Å². The standard InChI is InChI=1S/C21H18O/c1-14-10-15(2)12-17(11-14)16-8-9-21-19(13-16)18-6-4-3-5-7-20(18)22-21/h3-5,7-13H,6H2,1-2H3. The molecule has 1 aromatic heterocycles.